The molecule has 0 bridgehead atoms. The molecule has 2 aliphatic rings. The maximum absolute atomic E-state index is 5.66. The van der Waals surface area contributed by atoms with Gasteiger partial charge in [0.1, 0.15) is 0 Å². The van der Waals surface area contributed by atoms with E-state index in [1.165, 1.54) is 51.9 Å². The standard InChI is InChI=1S/C13H27N3O/c1-17-13-5-3-2-4-12(13)16-10-8-15(7-6-14)9-11-16/h12-13H,2-11,14H2,1H3. The van der Waals surface area contributed by atoms with Gasteiger partial charge in [-0.3, -0.25) is 9.80 Å². The lowest BCUT2D eigenvalue weighted by Gasteiger charge is -2.43. The third kappa shape index (κ3) is 3.41. The van der Waals surface area contributed by atoms with Crippen molar-refractivity contribution in [2.24, 2.45) is 5.73 Å². The van der Waals surface area contributed by atoms with E-state index >= 15 is 0 Å². The first kappa shape index (κ1) is 13.3. The van der Waals surface area contributed by atoms with E-state index in [1.807, 2.05) is 7.11 Å². The molecular formula is C13H27N3O. The van der Waals surface area contributed by atoms with Gasteiger partial charge in [0.25, 0.3) is 0 Å². The Bertz CT molecular complexity index is 217. The smallest absolute Gasteiger partial charge is 0.0726 e. The van der Waals surface area contributed by atoms with E-state index in [9.17, 15) is 0 Å². The second-order valence-corrected chi connectivity index (χ2v) is 5.29. The third-order valence-corrected chi connectivity index (χ3v) is 4.29. The number of rotatable bonds is 4. The Kier molecular flexibility index (Phi) is 5.22. The molecule has 0 amide bonds. The molecule has 2 fully saturated rings. The Morgan fingerprint density at radius 3 is 2.47 bits per heavy atom. The molecule has 2 atom stereocenters. The Morgan fingerprint density at radius 2 is 1.82 bits per heavy atom. The molecule has 2 rings (SSSR count). The summed E-state index contributed by atoms with van der Waals surface area (Å²) >= 11 is 0. The van der Waals surface area contributed by atoms with Crippen LogP contribution in [0.1, 0.15) is 25.7 Å². The average molecular weight is 241 g/mol. The van der Waals surface area contributed by atoms with Gasteiger partial charge < -0.3 is 10.5 Å². The van der Waals surface area contributed by atoms with Gasteiger partial charge in [-0.05, 0) is 12.8 Å². The zero-order valence-corrected chi connectivity index (χ0v) is 11.1. The van der Waals surface area contributed by atoms with Gasteiger partial charge in [0.2, 0.25) is 0 Å². The molecule has 2 unspecified atom stereocenters. The Balaban J connectivity index is 1.82. The van der Waals surface area contributed by atoms with Gasteiger partial charge in [-0.25, -0.2) is 0 Å². The lowest BCUT2D eigenvalue weighted by molar-refractivity contribution is -0.0267. The van der Waals surface area contributed by atoms with Crippen LogP contribution in [-0.4, -0.2) is 68.3 Å². The summed E-state index contributed by atoms with van der Waals surface area (Å²) in [5, 5.41) is 0. The first-order valence-corrected chi connectivity index (χ1v) is 7.04. The largest absolute Gasteiger partial charge is 0.380 e. The summed E-state index contributed by atoms with van der Waals surface area (Å²) in [6.45, 7) is 6.54. The highest BCUT2D eigenvalue weighted by atomic mass is 16.5. The molecule has 0 aromatic heterocycles. The van der Waals surface area contributed by atoms with E-state index in [0.717, 1.165) is 13.1 Å². The second kappa shape index (κ2) is 6.69. The molecule has 0 aromatic rings. The van der Waals surface area contributed by atoms with Crippen molar-refractivity contribution in [2.75, 3.05) is 46.4 Å². The highest BCUT2D eigenvalue weighted by molar-refractivity contribution is 4.87. The van der Waals surface area contributed by atoms with Crippen LogP contribution in [0.5, 0.6) is 0 Å². The van der Waals surface area contributed by atoms with Crippen LogP contribution < -0.4 is 5.73 Å². The topological polar surface area (TPSA) is 41.7 Å². The van der Waals surface area contributed by atoms with Crippen LogP contribution in [0, 0.1) is 0 Å². The molecule has 0 radical (unpaired) electrons. The Morgan fingerprint density at radius 1 is 1.12 bits per heavy atom. The van der Waals surface area contributed by atoms with Crippen molar-refractivity contribution in [3.63, 3.8) is 0 Å². The highest BCUT2D eigenvalue weighted by Gasteiger charge is 2.31. The molecular weight excluding hydrogens is 214 g/mol. The minimum Gasteiger partial charge on any atom is -0.380 e. The first-order valence-electron chi connectivity index (χ1n) is 7.04. The molecule has 1 aliphatic carbocycles. The summed E-state index contributed by atoms with van der Waals surface area (Å²) in [5.74, 6) is 0. The lowest BCUT2D eigenvalue weighted by Crippen LogP contribution is -2.55. The number of hydrogen-bond acceptors (Lipinski definition) is 4. The zero-order valence-electron chi connectivity index (χ0n) is 11.1. The fraction of sp³-hybridized carbons (Fsp3) is 1.00. The van der Waals surface area contributed by atoms with Gasteiger partial charge in [0, 0.05) is 52.4 Å². The predicted octanol–water partition coefficient (Wildman–Crippen LogP) is 0.520. The molecule has 17 heavy (non-hydrogen) atoms. The minimum absolute atomic E-state index is 0.463. The van der Waals surface area contributed by atoms with Crippen LogP contribution in [0.3, 0.4) is 0 Å². The van der Waals surface area contributed by atoms with Crippen molar-refractivity contribution in [1.82, 2.24) is 9.80 Å². The van der Waals surface area contributed by atoms with E-state index in [4.69, 9.17) is 10.5 Å². The van der Waals surface area contributed by atoms with Crippen molar-refractivity contribution in [3.05, 3.63) is 0 Å². The Labute approximate surface area is 105 Å². The highest BCUT2D eigenvalue weighted by Crippen LogP contribution is 2.25. The van der Waals surface area contributed by atoms with E-state index in [2.05, 4.69) is 9.80 Å². The second-order valence-electron chi connectivity index (χ2n) is 5.29. The quantitative estimate of drug-likeness (QED) is 0.779. The third-order valence-electron chi connectivity index (χ3n) is 4.29. The molecule has 1 aliphatic heterocycles. The monoisotopic (exact) mass is 241 g/mol. The normalized spacial score (nSPS) is 32.8. The van der Waals surface area contributed by atoms with Crippen LogP contribution in [0.4, 0.5) is 0 Å². The fourth-order valence-corrected chi connectivity index (χ4v) is 3.27. The Hall–Kier alpha value is -0.160. The number of piperazine rings is 1. The van der Waals surface area contributed by atoms with Gasteiger partial charge in [0.05, 0.1) is 6.10 Å². The first-order chi connectivity index (χ1) is 8.35. The maximum atomic E-state index is 5.66. The summed E-state index contributed by atoms with van der Waals surface area (Å²) in [5.41, 5.74) is 5.61. The van der Waals surface area contributed by atoms with Gasteiger partial charge in [-0.2, -0.15) is 0 Å². The molecule has 4 nitrogen and oxygen atoms in total. The fourth-order valence-electron chi connectivity index (χ4n) is 3.27. The number of ether oxygens (including phenoxy) is 1. The van der Waals surface area contributed by atoms with Gasteiger partial charge in [0.15, 0.2) is 0 Å². The summed E-state index contributed by atoms with van der Waals surface area (Å²) < 4.78 is 5.66. The summed E-state index contributed by atoms with van der Waals surface area (Å²) in [4.78, 5) is 5.11. The molecule has 0 spiro atoms. The number of methoxy groups -OCH3 is 1. The van der Waals surface area contributed by atoms with E-state index in [1.54, 1.807) is 0 Å². The van der Waals surface area contributed by atoms with E-state index in [0.29, 0.717) is 12.1 Å². The number of hydrogen-bond donors (Lipinski definition) is 1. The number of nitrogens with two attached hydrogens (primary N) is 1. The van der Waals surface area contributed by atoms with Crippen molar-refractivity contribution in [3.8, 4) is 0 Å². The number of nitrogens with zero attached hydrogens (tertiary/aromatic N) is 2. The lowest BCUT2D eigenvalue weighted by atomic mass is 9.91. The van der Waals surface area contributed by atoms with Crippen LogP contribution in [0.2, 0.25) is 0 Å². The van der Waals surface area contributed by atoms with Gasteiger partial charge in [-0.15, -0.1) is 0 Å². The molecule has 1 saturated heterocycles. The molecule has 4 heteroatoms. The minimum atomic E-state index is 0.463. The molecule has 100 valence electrons. The van der Waals surface area contributed by atoms with Gasteiger partial charge in [-0.1, -0.05) is 12.8 Å². The molecule has 0 aromatic carbocycles. The zero-order chi connectivity index (χ0) is 12.1. The van der Waals surface area contributed by atoms with Crippen molar-refractivity contribution < 1.29 is 4.74 Å². The van der Waals surface area contributed by atoms with Crippen LogP contribution in [0.15, 0.2) is 0 Å². The van der Waals surface area contributed by atoms with E-state index in [-0.39, 0.29) is 0 Å². The van der Waals surface area contributed by atoms with E-state index < -0.39 is 0 Å². The molecule has 1 heterocycles. The molecule has 1 saturated carbocycles. The molecule has 2 N–H and O–H groups in total. The summed E-state index contributed by atoms with van der Waals surface area (Å²) in [7, 11) is 1.87. The predicted molar refractivity (Wildman–Crippen MR) is 70.1 cm³/mol. The van der Waals surface area contributed by atoms with Crippen molar-refractivity contribution in [2.45, 2.75) is 37.8 Å². The maximum Gasteiger partial charge on any atom is 0.0726 e. The van der Waals surface area contributed by atoms with Crippen LogP contribution >= 0.6 is 0 Å². The summed E-state index contributed by atoms with van der Waals surface area (Å²) in [6.07, 6.45) is 5.72. The average Bonchev–Trinajstić information content (AvgIpc) is 2.40. The van der Waals surface area contributed by atoms with Crippen molar-refractivity contribution in [1.29, 1.82) is 0 Å². The summed E-state index contributed by atoms with van der Waals surface area (Å²) in [6, 6.07) is 0.661. The van der Waals surface area contributed by atoms with Crippen molar-refractivity contribution >= 4 is 0 Å². The SMILES string of the molecule is COC1CCCCC1N1CCN(CCN)CC1. The van der Waals surface area contributed by atoms with Crippen LogP contribution in [0.25, 0.3) is 0 Å². The van der Waals surface area contributed by atoms with Crippen LogP contribution in [-0.2, 0) is 4.74 Å². The van der Waals surface area contributed by atoms with Gasteiger partial charge >= 0.3 is 0 Å².